The van der Waals surface area contributed by atoms with Gasteiger partial charge in [-0.15, -0.1) is 0 Å². The van der Waals surface area contributed by atoms with Crippen LogP contribution in [0.2, 0.25) is 0 Å². The minimum Gasteiger partial charge on any atom is -0.412 e. The number of hydrogen-bond acceptors (Lipinski definition) is 0. The smallest absolute Gasteiger partial charge is 0.412 e. The van der Waals surface area contributed by atoms with E-state index in [1.807, 2.05) is 0 Å². The summed E-state index contributed by atoms with van der Waals surface area (Å²) in [5.41, 5.74) is 0. The zero-order chi connectivity index (χ0) is 0. The van der Waals surface area contributed by atoms with Crippen LogP contribution in [0, 0.1) is 14.9 Å². The van der Waals surface area contributed by atoms with Gasteiger partial charge in [-0.3, -0.25) is 0 Å². The van der Waals surface area contributed by atoms with Crippen LogP contribution < -0.4 is 0 Å². The van der Waals surface area contributed by atoms with Crippen molar-refractivity contribution < 1.29 is 26.5 Å². The monoisotopic (exact) mass is 232 g/mol. The summed E-state index contributed by atoms with van der Waals surface area (Å²) in [7, 11) is 0. The molecular formula is C2H8OW. The largest absolute Gasteiger partial charge is 2.00 e. The average molecular weight is 232 g/mol. The van der Waals surface area contributed by atoms with E-state index in [1.165, 1.54) is 0 Å². The molecule has 1 nitrogen and oxygen atoms in total. The Balaban J connectivity index is 0. The molecule has 0 aromatic heterocycles. The molecule has 0 unspecified atom stereocenters. The third-order valence-electron chi connectivity index (χ3n) is 0. The van der Waals surface area contributed by atoms with Crippen LogP contribution in [0.1, 0.15) is 0 Å². The van der Waals surface area contributed by atoms with Gasteiger partial charge in [-0.25, -0.2) is 0 Å². The van der Waals surface area contributed by atoms with Gasteiger partial charge in [-0.05, 0) is 0 Å². The molecule has 0 amide bonds. The Morgan fingerprint density at radius 2 is 0.750 bits per heavy atom. The molecule has 0 aromatic carbocycles. The van der Waals surface area contributed by atoms with Crippen molar-refractivity contribution in [1.82, 2.24) is 0 Å². The predicted molar refractivity (Wildman–Crippen MR) is 16.4 cm³/mol. The van der Waals surface area contributed by atoms with E-state index in [2.05, 4.69) is 0 Å². The Hall–Kier alpha value is 0.648. The van der Waals surface area contributed by atoms with Gasteiger partial charge in [0.15, 0.2) is 0 Å². The third-order valence-corrected chi connectivity index (χ3v) is 0. The van der Waals surface area contributed by atoms with E-state index in [0.717, 1.165) is 0 Å². The Morgan fingerprint density at radius 3 is 0.750 bits per heavy atom. The van der Waals surface area contributed by atoms with Crippen molar-refractivity contribution in [3.8, 4) is 0 Å². The fraction of sp³-hybridized carbons (Fsp3) is 0. The number of hydrogen-bond donors (Lipinski definition) is 0. The molecule has 0 saturated heterocycles. The van der Waals surface area contributed by atoms with Crippen molar-refractivity contribution in [2.75, 3.05) is 0 Å². The predicted octanol–water partition coefficient (Wildman–Crippen LogP) is 0.0734. The summed E-state index contributed by atoms with van der Waals surface area (Å²) in [5, 5.41) is 0. The molecule has 0 spiro atoms. The van der Waals surface area contributed by atoms with Crippen LogP contribution in [-0.2, 0) is 21.1 Å². The van der Waals surface area contributed by atoms with Crippen molar-refractivity contribution in [2.24, 2.45) is 0 Å². The van der Waals surface area contributed by atoms with Gasteiger partial charge < -0.3 is 20.3 Å². The normalized spacial score (nSPS) is 0. The SMILES string of the molecule is O.[CH3-].[CH3-].[W+2]. The summed E-state index contributed by atoms with van der Waals surface area (Å²) in [4.78, 5) is 0. The Labute approximate surface area is 42.0 Å². The van der Waals surface area contributed by atoms with Crippen LogP contribution in [0.15, 0.2) is 0 Å². The van der Waals surface area contributed by atoms with Crippen molar-refractivity contribution in [2.45, 2.75) is 0 Å². The van der Waals surface area contributed by atoms with Gasteiger partial charge in [-0.1, -0.05) is 0 Å². The second-order valence-electron chi connectivity index (χ2n) is 0. The minimum atomic E-state index is 0. The standard InChI is InChI=1S/2CH3.H2O.W/h2*1H3;1H2;/q2*-1;;+2. The Bertz CT molecular complexity index is 6.00. The summed E-state index contributed by atoms with van der Waals surface area (Å²) < 4.78 is 0. The van der Waals surface area contributed by atoms with Crippen molar-refractivity contribution in [3.05, 3.63) is 14.9 Å². The molecule has 0 fully saturated rings. The van der Waals surface area contributed by atoms with Crippen molar-refractivity contribution in [3.63, 3.8) is 0 Å². The third kappa shape index (κ3) is 17.1. The zero-order valence-corrected chi connectivity index (χ0v) is 5.84. The van der Waals surface area contributed by atoms with E-state index in [-0.39, 0.29) is 41.4 Å². The van der Waals surface area contributed by atoms with E-state index in [1.54, 1.807) is 0 Å². The molecule has 0 aliphatic carbocycles. The molecule has 4 heavy (non-hydrogen) atoms. The molecule has 28 valence electrons. The zero-order valence-electron chi connectivity index (χ0n) is 2.91. The van der Waals surface area contributed by atoms with Crippen LogP contribution in [0.5, 0.6) is 0 Å². The molecule has 0 rings (SSSR count). The molecule has 0 radical (unpaired) electrons. The van der Waals surface area contributed by atoms with Gasteiger partial charge in [0, 0.05) is 0 Å². The first-order chi connectivity index (χ1) is 0. The molecule has 2 N–H and O–H groups in total. The first kappa shape index (κ1) is 147. The maximum absolute atomic E-state index is 0. The molecule has 0 aliphatic rings. The van der Waals surface area contributed by atoms with E-state index in [0.29, 0.717) is 0 Å². The molecule has 0 aromatic rings. The second kappa shape index (κ2) is 60.9. The van der Waals surface area contributed by atoms with Crippen molar-refractivity contribution in [1.29, 1.82) is 0 Å². The van der Waals surface area contributed by atoms with E-state index >= 15 is 0 Å². The first-order valence-electron chi connectivity index (χ1n) is 0. The summed E-state index contributed by atoms with van der Waals surface area (Å²) in [6.07, 6.45) is 0. The quantitative estimate of drug-likeness (QED) is 0.529. The molecule has 2 heteroatoms. The van der Waals surface area contributed by atoms with Gasteiger partial charge >= 0.3 is 21.1 Å². The molecule has 0 aliphatic heterocycles. The van der Waals surface area contributed by atoms with Gasteiger partial charge in [-0.2, -0.15) is 0 Å². The van der Waals surface area contributed by atoms with E-state index in [4.69, 9.17) is 0 Å². The first-order valence-corrected chi connectivity index (χ1v) is 0. The van der Waals surface area contributed by atoms with E-state index < -0.39 is 0 Å². The second-order valence-corrected chi connectivity index (χ2v) is 0. The Kier molecular flexibility index (Phi) is 2240. The maximum Gasteiger partial charge on any atom is 2.00 e. The maximum atomic E-state index is 0. The van der Waals surface area contributed by atoms with Crippen molar-refractivity contribution >= 4 is 0 Å². The molecule has 0 bridgehead atoms. The molecular weight excluding hydrogens is 224 g/mol. The number of rotatable bonds is 0. The molecule has 0 saturated carbocycles. The van der Waals surface area contributed by atoms with Gasteiger partial charge in [0.1, 0.15) is 0 Å². The fourth-order valence-corrected chi connectivity index (χ4v) is 0. The van der Waals surface area contributed by atoms with Gasteiger partial charge in [0.05, 0.1) is 0 Å². The Morgan fingerprint density at radius 1 is 0.750 bits per heavy atom. The van der Waals surface area contributed by atoms with Crippen LogP contribution in [0.25, 0.3) is 0 Å². The average Bonchev–Trinajstić information content (AvgIpc) is 0. The van der Waals surface area contributed by atoms with Gasteiger partial charge in [0.25, 0.3) is 0 Å². The van der Waals surface area contributed by atoms with E-state index in [9.17, 15) is 0 Å². The minimum absolute atomic E-state index is 0. The molecule has 0 heterocycles. The van der Waals surface area contributed by atoms with Crippen LogP contribution in [-0.4, -0.2) is 5.48 Å². The van der Waals surface area contributed by atoms with Crippen LogP contribution >= 0.6 is 0 Å². The summed E-state index contributed by atoms with van der Waals surface area (Å²) in [6.45, 7) is 0. The summed E-state index contributed by atoms with van der Waals surface area (Å²) >= 11 is 0. The van der Waals surface area contributed by atoms with Crippen LogP contribution in [0.3, 0.4) is 0 Å². The molecule has 0 atom stereocenters. The summed E-state index contributed by atoms with van der Waals surface area (Å²) in [5.74, 6) is 0. The summed E-state index contributed by atoms with van der Waals surface area (Å²) in [6, 6.07) is 0. The van der Waals surface area contributed by atoms with Crippen LogP contribution in [0.4, 0.5) is 0 Å². The van der Waals surface area contributed by atoms with Gasteiger partial charge in [0.2, 0.25) is 0 Å². The topological polar surface area (TPSA) is 31.5 Å². The fourth-order valence-electron chi connectivity index (χ4n) is 0.